The second kappa shape index (κ2) is 7.07. The summed E-state index contributed by atoms with van der Waals surface area (Å²) in [5, 5.41) is 3.10. The summed E-state index contributed by atoms with van der Waals surface area (Å²) in [6.07, 6.45) is 10.0. The molecular weight excluding hydrogens is 266 g/mol. The quantitative estimate of drug-likeness (QED) is 0.848. The lowest BCUT2D eigenvalue weighted by molar-refractivity contribution is 0.0347. The van der Waals surface area contributed by atoms with E-state index in [0.717, 1.165) is 0 Å². The Hall–Kier alpha value is -1.36. The van der Waals surface area contributed by atoms with Crippen molar-refractivity contribution in [3.05, 3.63) is 22.7 Å². The summed E-state index contributed by atoms with van der Waals surface area (Å²) >= 11 is 0. The lowest BCUT2D eigenvalue weighted by Crippen LogP contribution is -2.35. The maximum Gasteiger partial charge on any atom is 0.293 e. The molecule has 0 aromatic carbocycles. The molecule has 2 rings (SSSR count). The van der Waals surface area contributed by atoms with Gasteiger partial charge in [-0.2, -0.15) is 0 Å². The summed E-state index contributed by atoms with van der Waals surface area (Å²) in [6, 6.07) is 0. The fourth-order valence-corrected chi connectivity index (χ4v) is 2.69. The molecular formula is C16H27N3O2. The lowest BCUT2D eigenvalue weighted by Gasteiger charge is -2.23. The Bertz CT molecular complexity index is 499. The first-order chi connectivity index (χ1) is 9.98. The molecule has 0 amide bonds. The largest absolute Gasteiger partial charge is 0.376 e. The topological polar surface area (TPSA) is 56.1 Å². The molecule has 0 radical (unpaired) electrons. The van der Waals surface area contributed by atoms with Gasteiger partial charge in [0.15, 0.2) is 5.82 Å². The summed E-state index contributed by atoms with van der Waals surface area (Å²) in [5.74, 6) is 0.402. The van der Waals surface area contributed by atoms with Crippen LogP contribution in [0, 0.1) is 0 Å². The van der Waals surface area contributed by atoms with Crippen molar-refractivity contribution in [2.24, 2.45) is 0 Å². The van der Waals surface area contributed by atoms with Crippen molar-refractivity contribution < 1.29 is 4.74 Å². The van der Waals surface area contributed by atoms with Crippen LogP contribution in [0.3, 0.4) is 0 Å². The molecule has 0 unspecified atom stereocenters. The number of aromatic nitrogens is 2. The van der Waals surface area contributed by atoms with E-state index in [-0.39, 0.29) is 11.1 Å². The second-order valence-electron chi connectivity index (χ2n) is 6.68. The highest BCUT2D eigenvalue weighted by Gasteiger charge is 2.17. The van der Waals surface area contributed by atoms with Crippen molar-refractivity contribution >= 4 is 5.82 Å². The molecule has 5 nitrogen and oxygen atoms in total. The Morgan fingerprint density at radius 3 is 2.71 bits per heavy atom. The number of nitrogens with one attached hydrogen (secondary N) is 1. The normalized spacial score (nSPS) is 16.9. The fraction of sp³-hybridized carbons (Fsp3) is 0.750. The number of ether oxygens (including phenoxy) is 1. The van der Waals surface area contributed by atoms with Gasteiger partial charge in [0.1, 0.15) is 0 Å². The highest BCUT2D eigenvalue weighted by Crippen LogP contribution is 2.19. The Kier molecular flexibility index (Phi) is 5.39. The van der Waals surface area contributed by atoms with Crippen LogP contribution < -0.4 is 10.9 Å². The first-order valence-corrected chi connectivity index (χ1v) is 7.92. The van der Waals surface area contributed by atoms with Crippen LogP contribution in [0.25, 0.3) is 0 Å². The van der Waals surface area contributed by atoms with Gasteiger partial charge in [0.2, 0.25) is 0 Å². The maximum atomic E-state index is 12.3. The van der Waals surface area contributed by atoms with E-state index in [1.807, 2.05) is 20.8 Å². The molecule has 5 heteroatoms. The molecule has 1 aliphatic rings. The summed E-state index contributed by atoms with van der Waals surface area (Å²) < 4.78 is 7.54. The predicted octanol–water partition coefficient (Wildman–Crippen LogP) is 2.76. The Balaban J connectivity index is 1.84. The lowest BCUT2D eigenvalue weighted by atomic mass is 9.98. The summed E-state index contributed by atoms with van der Waals surface area (Å²) in [5.41, 5.74) is -0.322. The van der Waals surface area contributed by atoms with Crippen LogP contribution in [-0.4, -0.2) is 28.8 Å². The molecule has 1 aliphatic carbocycles. The van der Waals surface area contributed by atoms with Gasteiger partial charge in [-0.25, -0.2) is 4.98 Å². The maximum absolute atomic E-state index is 12.3. The predicted molar refractivity (Wildman–Crippen MR) is 84.8 cm³/mol. The van der Waals surface area contributed by atoms with Crippen molar-refractivity contribution in [3.8, 4) is 0 Å². The van der Waals surface area contributed by atoms with Gasteiger partial charge in [0.25, 0.3) is 5.56 Å². The van der Waals surface area contributed by atoms with E-state index < -0.39 is 0 Å². The first-order valence-electron chi connectivity index (χ1n) is 7.92. The van der Waals surface area contributed by atoms with Crippen molar-refractivity contribution in [3.63, 3.8) is 0 Å². The number of rotatable bonds is 5. The van der Waals surface area contributed by atoms with E-state index >= 15 is 0 Å². The minimum atomic E-state index is -0.241. The van der Waals surface area contributed by atoms with Gasteiger partial charge in [-0.1, -0.05) is 19.3 Å². The van der Waals surface area contributed by atoms with Gasteiger partial charge in [0.05, 0.1) is 12.7 Å². The minimum Gasteiger partial charge on any atom is -0.376 e. The van der Waals surface area contributed by atoms with Crippen molar-refractivity contribution in [2.75, 3.05) is 18.5 Å². The number of anilines is 1. The summed E-state index contributed by atoms with van der Waals surface area (Å²) in [7, 11) is 0. The monoisotopic (exact) mass is 293 g/mol. The first kappa shape index (κ1) is 16.0. The Morgan fingerprint density at radius 2 is 2.05 bits per heavy atom. The van der Waals surface area contributed by atoms with Gasteiger partial charge < -0.3 is 14.6 Å². The standard InChI is InChI=1S/C16H27N3O2/c1-16(2,3)19-11-9-17-14(15(19)20)18-10-12-21-13-7-5-4-6-8-13/h9,11,13H,4-8,10,12H2,1-3H3,(H,17,18). The van der Waals surface area contributed by atoms with E-state index in [1.54, 1.807) is 17.0 Å². The average Bonchev–Trinajstić information content (AvgIpc) is 2.45. The van der Waals surface area contributed by atoms with E-state index in [4.69, 9.17) is 4.74 Å². The number of hydrogen-bond donors (Lipinski definition) is 1. The highest BCUT2D eigenvalue weighted by atomic mass is 16.5. The molecule has 1 aromatic heterocycles. The molecule has 0 atom stereocenters. The SMILES string of the molecule is CC(C)(C)n1ccnc(NCCOC2CCCCC2)c1=O. The zero-order valence-corrected chi connectivity index (χ0v) is 13.4. The number of hydrogen-bond acceptors (Lipinski definition) is 4. The third kappa shape index (κ3) is 4.56. The molecule has 1 aromatic rings. The zero-order chi connectivity index (χ0) is 15.3. The summed E-state index contributed by atoms with van der Waals surface area (Å²) in [6.45, 7) is 7.25. The average molecular weight is 293 g/mol. The minimum absolute atomic E-state index is 0.0809. The molecule has 0 aliphatic heterocycles. The third-order valence-corrected chi connectivity index (χ3v) is 3.86. The molecule has 0 spiro atoms. The molecule has 1 fully saturated rings. The smallest absolute Gasteiger partial charge is 0.293 e. The molecule has 0 bridgehead atoms. The van der Waals surface area contributed by atoms with Crippen LogP contribution in [0.4, 0.5) is 5.82 Å². The summed E-state index contributed by atoms with van der Waals surface area (Å²) in [4.78, 5) is 16.4. The van der Waals surface area contributed by atoms with Crippen LogP contribution >= 0.6 is 0 Å². The van der Waals surface area contributed by atoms with E-state index in [2.05, 4.69) is 10.3 Å². The van der Waals surface area contributed by atoms with Crippen LogP contribution in [0.5, 0.6) is 0 Å². The molecule has 1 N–H and O–H groups in total. The zero-order valence-electron chi connectivity index (χ0n) is 13.4. The molecule has 0 saturated heterocycles. The van der Waals surface area contributed by atoms with Gasteiger partial charge in [-0.05, 0) is 33.6 Å². The van der Waals surface area contributed by atoms with E-state index in [9.17, 15) is 4.79 Å². The van der Waals surface area contributed by atoms with Crippen LogP contribution in [0.2, 0.25) is 0 Å². The van der Waals surface area contributed by atoms with E-state index in [1.165, 1.54) is 32.1 Å². The van der Waals surface area contributed by atoms with Crippen molar-refractivity contribution in [1.29, 1.82) is 0 Å². The molecule has 21 heavy (non-hydrogen) atoms. The van der Waals surface area contributed by atoms with Gasteiger partial charge in [0, 0.05) is 24.5 Å². The molecule has 1 heterocycles. The molecule has 118 valence electrons. The number of nitrogens with zero attached hydrogens (tertiary/aromatic N) is 2. The highest BCUT2D eigenvalue weighted by molar-refractivity contribution is 5.30. The van der Waals surface area contributed by atoms with Gasteiger partial charge in [-0.3, -0.25) is 4.79 Å². The van der Waals surface area contributed by atoms with Crippen LogP contribution in [0.15, 0.2) is 17.2 Å². The fourth-order valence-electron chi connectivity index (χ4n) is 2.69. The molecule has 1 saturated carbocycles. The van der Waals surface area contributed by atoms with Gasteiger partial charge >= 0.3 is 0 Å². The van der Waals surface area contributed by atoms with Crippen molar-refractivity contribution in [2.45, 2.75) is 64.5 Å². The Morgan fingerprint density at radius 1 is 1.33 bits per heavy atom. The van der Waals surface area contributed by atoms with Crippen LogP contribution in [-0.2, 0) is 10.3 Å². The van der Waals surface area contributed by atoms with Crippen LogP contribution in [0.1, 0.15) is 52.9 Å². The van der Waals surface area contributed by atoms with E-state index in [0.29, 0.717) is 25.1 Å². The Labute approximate surface area is 126 Å². The second-order valence-corrected chi connectivity index (χ2v) is 6.68. The van der Waals surface area contributed by atoms with Crippen molar-refractivity contribution in [1.82, 2.24) is 9.55 Å². The van der Waals surface area contributed by atoms with Gasteiger partial charge in [-0.15, -0.1) is 0 Å². The third-order valence-electron chi connectivity index (χ3n) is 3.86.